The monoisotopic (exact) mass is 364 g/mol. The first-order valence-electron chi connectivity index (χ1n) is 6.28. The Labute approximate surface area is 129 Å². The maximum Gasteiger partial charge on any atom is 0.319 e. The normalized spacial score (nSPS) is 20.3. The molecule has 0 bridgehead atoms. The molecular formula is C13H15BrF2N2O3. The molecule has 5 nitrogen and oxygen atoms in total. The van der Waals surface area contributed by atoms with Gasteiger partial charge in [-0.2, -0.15) is 0 Å². The van der Waals surface area contributed by atoms with Crippen molar-refractivity contribution in [3.8, 4) is 0 Å². The van der Waals surface area contributed by atoms with E-state index in [0.29, 0.717) is 6.61 Å². The summed E-state index contributed by atoms with van der Waals surface area (Å²) in [5.41, 5.74) is -0.500. The van der Waals surface area contributed by atoms with Gasteiger partial charge in [0.2, 0.25) is 0 Å². The van der Waals surface area contributed by atoms with Gasteiger partial charge < -0.3 is 20.1 Å². The predicted octanol–water partition coefficient (Wildman–Crippen LogP) is 3.00. The van der Waals surface area contributed by atoms with E-state index in [-0.39, 0.29) is 17.1 Å². The Balaban J connectivity index is 1.88. The summed E-state index contributed by atoms with van der Waals surface area (Å²) >= 11 is 2.96. The zero-order chi connectivity index (χ0) is 15.6. The molecule has 0 saturated carbocycles. The molecule has 21 heavy (non-hydrogen) atoms. The smallest absolute Gasteiger partial charge is 0.319 e. The number of amides is 2. The maximum absolute atomic E-state index is 13.6. The second-order valence-corrected chi connectivity index (χ2v) is 5.95. The van der Waals surface area contributed by atoms with Crippen LogP contribution < -0.4 is 10.6 Å². The van der Waals surface area contributed by atoms with Gasteiger partial charge in [0.25, 0.3) is 0 Å². The van der Waals surface area contributed by atoms with Crippen molar-refractivity contribution in [3.63, 3.8) is 0 Å². The molecule has 2 N–H and O–H groups in total. The van der Waals surface area contributed by atoms with E-state index >= 15 is 0 Å². The number of urea groups is 1. The average molecular weight is 365 g/mol. The summed E-state index contributed by atoms with van der Waals surface area (Å²) in [4.78, 5) is 11.7. The molecule has 1 aromatic carbocycles. The molecule has 0 spiro atoms. The molecule has 2 amide bonds. The standard InChI is InChI=1S/C13H15BrF2N2O3/c1-13(2)20-6-8(21-13)5-17-12(19)18-11-9(15)3-7(14)4-10(11)16/h3-4,8H,5-6H2,1-2H3,(H2,17,18,19)/t8-/m0/s1. The topological polar surface area (TPSA) is 59.6 Å². The molecule has 1 aliphatic heterocycles. The van der Waals surface area contributed by atoms with Gasteiger partial charge in [-0.15, -0.1) is 0 Å². The molecule has 1 heterocycles. The molecule has 116 valence electrons. The van der Waals surface area contributed by atoms with Crippen molar-refractivity contribution in [1.29, 1.82) is 0 Å². The van der Waals surface area contributed by atoms with Gasteiger partial charge >= 0.3 is 6.03 Å². The van der Waals surface area contributed by atoms with Crippen molar-refractivity contribution in [1.82, 2.24) is 5.32 Å². The number of nitrogens with one attached hydrogen (secondary N) is 2. The van der Waals surface area contributed by atoms with Crippen LogP contribution in [0.15, 0.2) is 16.6 Å². The van der Waals surface area contributed by atoms with Gasteiger partial charge in [0.15, 0.2) is 17.4 Å². The second-order valence-electron chi connectivity index (χ2n) is 5.03. The van der Waals surface area contributed by atoms with Crippen LogP contribution in [0.2, 0.25) is 0 Å². The van der Waals surface area contributed by atoms with Crippen LogP contribution in [0, 0.1) is 11.6 Å². The van der Waals surface area contributed by atoms with Crippen molar-refractivity contribution in [2.45, 2.75) is 25.7 Å². The average Bonchev–Trinajstić information content (AvgIpc) is 2.71. The highest BCUT2D eigenvalue weighted by molar-refractivity contribution is 9.10. The Morgan fingerprint density at radius 3 is 2.57 bits per heavy atom. The summed E-state index contributed by atoms with van der Waals surface area (Å²) in [5, 5.41) is 4.61. The Kier molecular flexibility index (Phi) is 4.80. The van der Waals surface area contributed by atoms with Crippen LogP contribution in [0.25, 0.3) is 0 Å². The molecule has 1 aliphatic rings. The molecule has 0 radical (unpaired) electrons. The Hall–Kier alpha value is -1.25. The molecular weight excluding hydrogens is 350 g/mol. The van der Waals surface area contributed by atoms with Crippen LogP contribution in [-0.4, -0.2) is 31.1 Å². The number of ether oxygens (including phenoxy) is 2. The number of rotatable bonds is 3. The summed E-state index contributed by atoms with van der Waals surface area (Å²) < 4.78 is 38.2. The number of halogens is 3. The number of benzene rings is 1. The lowest BCUT2D eigenvalue weighted by Gasteiger charge is -2.17. The number of hydrogen-bond donors (Lipinski definition) is 2. The van der Waals surface area contributed by atoms with Crippen molar-refractivity contribution in [3.05, 3.63) is 28.2 Å². The fourth-order valence-corrected chi connectivity index (χ4v) is 2.29. The number of carbonyl (C=O) groups excluding carboxylic acids is 1. The molecule has 2 rings (SSSR count). The third kappa shape index (κ3) is 4.36. The van der Waals surface area contributed by atoms with Gasteiger partial charge in [0.1, 0.15) is 11.8 Å². The second kappa shape index (κ2) is 6.25. The summed E-state index contributed by atoms with van der Waals surface area (Å²) in [7, 11) is 0. The molecule has 1 saturated heterocycles. The molecule has 8 heteroatoms. The van der Waals surface area contributed by atoms with E-state index in [0.717, 1.165) is 12.1 Å². The van der Waals surface area contributed by atoms with Gasteiger partial charge in [-0.25, -0.2) is 13.6 Å². The number of hydrogen-bond acceptors (Lipinski definition) is 3. The van der Waals surface area contributed by atoms with E-state index in [2.05, 4.69) is 26.6 Å². The summed E-state index contributed by atoms with van der Waals surface area (Å²) in [5.74, 6) is -2.41. The minimum absolute atomic E-state index is 0.176. The van der Waals surface area contributed by atoms with E-state index in [1.165, 1.54) is 0 Å². The molecule has 0 unspecified atom stereocenters. The van der Waals surface area contributed by atoms with Crippen molar-refractivity contribution < 1.29 is 23.0 Å². The Bertz CT molecular complexity index is 531. The lowest BCUT2D eigenvalue weighted by atomic mass is 10.3. The molecule has 1 fully saturated rings. The lowest BCUT2D eigenvalue weighted by molar-refractivity contribution is -0.137. The van der Waals surface area contributed by atoms with Crippen LogP contribution in [0.4, 0.5) is 19.3 Å². The fourth-order valence-electron chi connectivity index (χ4n) is 1.89. The first-order chi connectivity index (χ1) is 9.77. The maximum atomic E-state index is 13.6. The van der Waals surface area contributed by atoms with Gasteiger partial charge in [0.05, 0.1) is 6.61 Å². The van der Waals surface area contributed by atoms with Crippen LogP contribution in [0.5, 0.6) is 0 Å². The zero-order valence-electron chi connectivity index (χ0n) is 11.5. The Morgan fingerprint density at radius 2 is 2.05 bits per heavy atom. The van der Waals surface area contributed by atoms with Crippen LogP contribution >= 0.6 is 15.9 Å². The van der Waals surface area contributed by atoms with Crippen LogP contribution in [0.3, 0.4) is 0 Å². The predicted molar refractivity (Wildman–Crippen MR) is 76.0 cm³/mol. The summed E-state index contributed by atoms with van der Waals surface area (Å²) in [6.07, 6.45) is -0.301. The summed E-state index contributed by atoms with van der Waals surface area (Å²) in [6, 6.07) is 1.41. The zero-order valence-corrected chi connectivity index (χ0v) is 13.1. The van der Waals surface area contributed by atoms with E-state index in [9.17, 15) is 13.6 Å². The fraction of sp³-hybridized carbons (Fsp3) is 0.462. The van der Waals surface area contributed by atoms with E-state index in [1.807, 2.05) is 0 Å². The number of anilines is 1. The van der Waals surface area contributed by atoms with E-state index < -0.39 is 29.1 Å². The first kappa shape index (κ1) is 16.1. The minimum Gasteiger partial charge on any atom is -0.348 e. The van der Waals surface area contributed by atoms with Crippen LogP contribution in [-0.2, 0) is 9.47 Å². The third-order valence-electron chi connectivity index (χ3n) is 2.80. The highest BCUT2D eigenvalue weighted by Crippen LogP contribution is 2.24. The highest BCUT2D eigenvalue weighted by Gasteiger charge is 2.32. The SMILES string of the molecule is CC1(C)OC[C@H](CNC(=O)Nc2c(F)cc(Br)cc2F)O1. The lowest BCUT2D eigenvalue weighted by Crippen LogP contribution is -2.37. The van der Waals surface area contributed by atoms with Crippen molar-refractivity contribution in [2.24, 2.45) is 0 Å². The molecule has 1 atom stereocenters. The van der Waals surface area contributed by atoms with Gasteiger partial charge in [-0.3, -0.25) is 0 Å². The Morgan fingerprint density at radius 1 is 1.43 bits per heavy atom. The van der Waals surface area contributed by atoms with E-state index in [1.54, 1.807) is 13.8 Å². The van der Waals surface area contributed by atoms with E-state index in [4.69, 9.17) is 9.47 Å². The quantitative estimate of drug-likeness (QED) is 0.866. The van der Waals surface area contributed by atoms with Crippen molar-refractivity contribution in [2.75, 3.05) is 18.5 Å². The van der Waals surface area contributed by atoms with Crippen LogP contribution in [0.1, 0.15) is 13.8 Å². The molecule has 1 aromatic rings. The van der Waals surface area contributed by atoms with Crippen molar-refractivity contribution >= 4 is 27.6 Å². The third-order valence-corrected chi connectivity index (χ3v) is 3.26. The van der Waals surface area contributed by atoms with Gasteiger partial charge in [-0.05, 0) is 26.0 Å². The highest BCUT2D eigenvalue weighted by atomic mass is 79.9. The van der Waals surface area contributed by atoms with Gasteiger partial charge in [-0.1, -0.05) is 15.9 Å². The summed E-state index contributed by atoms with van der Waals surface area (Å²) in [6.45, 7) is 4.04. The molecule has 0 aliphatic carbocycles. The minimum atomic E-state index is -0.862. The molecule has 0 aromatic heterocycles. The van der Waals surface area contributed by atoms with Gasteiger partial charge in [0, 0.05) is 11.0 Å². The first-order valence-corrected chi connectivity index (χ1v) is 7.07. The number of carbonyl (C=O) groups is 1. The largest absolute Gasteiger partial charge is 0.348 e.